The van der Waals surface area contributed by atoms with E-state index in [1.54, 1.807) is 7.05 Å². The first-order chi connectivity index (χ1) is 12.4. The third kappa shape index (κ3) is 2.31. The maximum Gasteiger partial charge on any atom is 0.337 e. The first-order valence-electron chi connectivity index (χ1n) is 8.48. The van der Waals surface area contributed by atoms with Gasteiger partial charge in [-0.15, -0.1) is 0 Å². The van der Waals surface area contributed by atoms with Crippen molar-refractivity contribution < 1.29 is 9.53 Å². The smallest absolute Gasteiger partial charge is 0.337 e. The summed E-state index contributed by atoms with van der Waals surface area (Å²) in [6.07, 6.45) is 0. The Morgan fingerprint density at radius 1 is 1.15 bits per heavy atom. The number of esters is 1. The van der Waals surface area contributed by atoms with Gasteiger partial charge in [-0.2, -0.15) is 0 Å². The fraction of sp³-hybridized carbons (Fsp3) is 0.316. The zero-order chi connectivity index (χ0) is 18.6. The zero-order valence-electron chi connectivity index (χ0n) is 14.8. The van der Waals surface area contributed by atoms with Crippen molar-refractivity contribution >= 4 is 11.8 Å². The average Bonchev–Trinajstić information content (AvgIpc) is 2.99. The maximum absolute atomic E-state index is 12.6. The quantitative estimate of drug-likeness (QED) is 0.800. The highest BCUT2D eigenvalue weighted by Crippen LogP contribution is 2.42. The highest BCUT2D eigenvalue weighted by atomic mass is 16.5. The molecule has 1 aromatic heterocycles. The van der Waals surface area contributed by atoms with Gasteiger partial charge in [-0.1, -0.05) is 38.1 Å². The number of benzene rings is 1. The van der Waals surface area contributed by atoms with E-state index in [1.807, 2.05) is 24.3 Å². The van der Waals surface area contributed by atoms with Crippen molar-refractivity contribution in [1.82, 2.24) is 9.55 Å². The molecule has 26 heavy (non-hydrogen) atoms. The van der Waals surface area contributed by atoms with Gasteiger partial charge in [-0.05, 0) is 17.0 Å². The SMILES string of the molecule is CC(C)c1ccc([C@@H]2C3=C(COC3=O)Nc3c2c(=O)[nH]c(=O)n3C)cc1. The molecule has 2 aliphatic heterocycles. The molecule has 2 N–H and O–H groups in total. The van der Waals surface area contributed by atoms with Crippen molar-refractivity contribution in [2.45, 2.75) is 25.7 Å². The lowest BCUT2D eigenvalue weighted by atomic mass is 9.82. The molecule has 0 radical (unpaired) electrons. The molecule has 0 saturated heterocycles. The molecule has 0 aliphatic carbocycles. The van der Waals surface area contributed by atoms with Crippen LogP contribution in [0.1, 0.15) is 42.4 Å². The number of rotatable bonds is 2. The van der Waals surface area contributed by atoms with Crippen molar-refractivity contribution in [3.8, 4) is 0 Å². The van der Waals surface area contributed by atoms with Gasteiger partial charge in [-0.25, -0.2) is 9.59 Å². The normalized spacial score (nSPS) is 18.5. The van der Waals surface area contributed by atoms with E-state index in [0.717, 1.165) is 5.56 Å². The number of carbonyl (C=O) groups is 1. The highest BCUT2D eigenvalue weighted by molar-refractivity contribution is 5.96. The molecule has 0 fully saturated rings. The van der Waals surface area contributed by atoms with Crippen LogP contribution in [0.15, 0.2) is 45.1 Å². The Labute approximate surface area is 149 Å². The second-order valence-corrected chi connectivity index (χ2v) is 6.93. The van der Waals surface area contributed by atoms with Crippen LogP contribution in [0.2, 0.25) is 0 Å². The van der Waals surface area contributed by atoms with Gasteiger partial charge < -0.3 is 10.1 Å². The number of fused-ring (bicyclic) bond motifs is 1. The second kappa shape index (κ2) is 5.72. The Balaban J connectivity index is 1.97. The summed E-state index contributed by atoms with van der Waals surface area (Å²) in [5.74, 6) is -0.245. The molecule has 0 saturated carbocycles. The minimum atomic E-state index is -0.576. The van der Waals surface area contributed by atoms with Crippen molar-refractivity contribution in [2.75, 3.05) is 11.9 Å². The molecule has 2 aliphatic rings. The average molecular weight is 353 g/mol. The zero-order valence-corrected chi connectivity index (χ0v) is 14.8. The fourth-order valence-electron chi connectivity index (χ4n) is 3.56. The van der Waals surface area contributed by atoms with Crippen LogP contribution in [0, 0.1) is 0 Å². The number of anilines is 1. The molecule has 7 heteroatoms. The third-order valence-electron chi connectivity index (χ3n) is 5.04. The predicted molar refractivity (Wildman–Crippen MR) is 96.3 cm³/mol. The number of hydrogen-bond acceptors (Lipinski definition) is 5. The van der Waals surface area contributed by atoms with Crippen LogP contribution in [-0.4, -0.2) is 22.1 Å². The van der Waals surface area contributed by atoms with Crippen LogP contribution < -0.4 is 16.6 Å². The largest absolute Gasteiger partial charge is 0.456 e. The molecule has 134 valence electrons. The molecule has 1 aromatic carbocycles. The molecule has 0 amide bonds. The standard InChI is InChI=1S/C19H19N3O4/c1-9(2)10-4-6-11(7-5-10)13-14-12(8-26-18(14)24)20-16-15(13)17(23)21-19(25)22(16)3/h4-7,9,13,20H,8H2,1-3H3,(H,21,23,25)/t13-/m1/s1. The van der Waals surface area contributed by atoms with Gasteiger partial charge in [0.2, 0.25) is 0 Å². The molecule has 4 rings (SSSR count). The minimum absolute atomic E-state index is 0.106. The summed E-state index contributed by atoms with van der Waals surface area (Å²) < 4.78 is 6.53. The number of nitrogens with zero attached hydrogens (tertiary/aromatic N) is 1. The number of aromatic nitrogens is 2. The third-order valence-corrected chi connectivity index (χ3v) is 5.04. The van der Waals surface area contributed by atoms with Gasteiger partial charge in [0.15, 0.2) is 0 Å². The summed E-state index contributed by atoms with van der Waals surface area (Å²) in [7, 11) is 1.58. The highest BCUT2D eigenvalue weighted by Gasteiger charge is 2.41. The van der Waals surface area contributed by atoms with Crippen molar-refractivity contribution in [3.05, 3.63) is 73.1 Å². The van der Waals surface area contributed by atoms with Crippen LogP contribution in [-0.2, 0) is 16.6 Å². The number of hydrogen-bond donors (Lipinski definition) is 2. The van der Waals surface area contributed by atoms with Gasteiger partial charge in [0.25, 0.3) is 5.56 Å². The number of carbonyl (C=O) groups excluding carboxylic acids is 1. The lowest BCUT2D eigenvalue weighted by Crippen LogP contribution is -2.37. The topological polar surface area (TPSA) is 93.2 Å². The van der Waals surface area contributed by atoms with E-state index < -0.39 is 23.1 Å². The predicted octanol–water partition coefficient (Wildman–Crippen LogP) is 1.57. The van der Waals surface area contributed by atoms with Crippen LogP contribution >= 0.6 is 0 Å². The summed E-state index contributed by atoms with van der Waals surface area (Å²) in [5, 5.41) is 3.05. The molecule has 7 nitrogen and oxygen atoms in total. The molecule has 1 atom stereocenters. The van der Waals surface area contributed by atoms with E-state index in [4.69, 9.17) is 4.74 Å². The Hall–Kier alpha value is -3.09. The summed E-state index contributed by atoms with van der Waals surface area (Å²) in [6.45, 7) is 4.31. The van der Waals surface area contributed by atoms with E-state index in [-0.39, 0.29) is 6.61 Å². The summed E-state index contributed by atoms with van der Waals surface area (Å²) in [5.41, 5.74) is 2.35. The summed E-state index contributed by atoms with van der Waals surface area (Å²) in [4.78, 5) is 39.3. The number of nitrogens with one attached hydrogen (secondary N) is 2. The minimum Gasteiger partial charge on any atom is -0.456 e. The van der Waals surface area contributed by atoms with Gasteiger partial charge in [-0.3, -0.25) is 14.3 Å². The van der Waals surface area contributed by atoms with E-state index in [1.165, 1.54) is 10.1 Å². The molecule has 0 bridgehead atoms. The maximum atomic E-state index is 12.6. The Bertz CT molecular complexity index is 1060. The van der Waals surface area contributed by atoms with Crippen LogP contribution in [0.4, 0.5) is 5.82 Å². The second-order valence-electron chi connectivity index (χ2n) is 6.93. The summed E-state index contributed by atoms with van der Waals surface area (Å²) >= 11 is 0. The Morgan fingerprint density at radius 2 is 1.85 bits per heavy atom. The number of cyclic esters (lactones) is 1. The lowest BCUT2D eigenvalue weighted by molar-refractivity contribution is -0.136. The molecule has 0 spiro atoms. The van der Waals surface area contributed by atoms with Crippen LogP contribution in [0.5, 0.6) is 0 Å². The van der Waals surface area contributed by atoms with E-state index in [9.17, 15) is 14.4 Å². The molecule has 3 heterocycles. The van der Waals surface area contributed by atoms with Gasteiger partial charge in [0.05, 0.1) is 22.8 Å². The van der Waals surface area contributed by atoms with Crippen molar-refractivity contribution in [2.24, 2.45) is 7.05 Å². The van der Waals surface area contributed by atoms with Gasteiger partial charge in [0, 0.05) is 7.05 Å². The van der Waals surface area contributed by atoms with Crippen LogP contribution in [0.25, 0.3) is 0 Å². The Morgan fingerprint density at radius 3 is 2.50 bits per heavy atom. The first kappa shape index (κ1) is 16.4. The van der Waals surface area contributed by atoms with Gasteiger partial charge in [0.1, 0.15) is 12.4 Å². The van der Waals surface area contributed by atoms with E-state index in [2.05, 4.69) is 24.1 Å². The number of aromatic amines is 1. The number of H-pyrrole nitrogens is 1. The molecule has 2 aromatic rings. The van der Waals surface area contributed by atoms with Crippen molar-refractivity contribution in [3.63, 3.8) is 0 Å². The molecular formula is C19H19N3O4. The molecular weight excluding hydrogens is 334 g/mol. The lowest BCUT2D eigenvalue weighted by Gasteiger charge is -2.27. The first-order valence-corrected chi connectivity index (χ1v) is 8.48. The van der Waals surface area contributed by atoms with E-state index in [0.29, 0.717) is 28.6 Å². The molecule has 0 unspecified atom stereocenters. The van der Waals surface area contributed by atoms with Crippen LogP contribution in [0.3, 0.4) is 0 Å². The van der Waals surface area contributed by atoms with E-state index >= 15 is 0 Å². The Kier molecular flexibility index (Phi) is 3.61. The number of ether oxygens (including phenoxy) is 1. The van der Waals surface area contributed by atoms with Gasteiger partial charge >= 0.3 is 11.7 Å². The summed E-state index contributed by atoms with van der Waals surface area (Å²) in [6, 6.07) is 7.85. The fourth-order valence-corrected chi connectivity index (χ4v) is 3.56. The monoisotopic (exact) mass is 353 g/mol. The van der Waals surface area contributed by atoms with Crippen molar-refractivity contribution in [1.29, 1.82) is 0 Å².